The fourth-order valence-electron chi connectivity index (χ4n) is 2.21. The second-order valence-electron chi connectivity index (χ2n) is 6.43. The van der Waals surface area contributed by atoms with Crippen molar-refractivity contribution in [3.8, 4) is 0 Å². The molecule has 1 heteroatoms. The molecule has 1 aliphatic rings. The molecule has 0 amide bonds. The molecule has 1 aliphatic carbocycles. The summed E-state index contributed by atoms with van der Waals surface area (Å²) in [6.45, 7) is 12.5. The molecule has 17 heavy (non-hydrogen) atoms. The third-order valence-corrected chi connectivity index (χ3v) is 4.52. The van der Waals surface area contributed by atoms with E-state index in [0.29, 0.717) is 5.92 Å². The highest BCUT2D eigenvalue weighted by molar-refractivity contribution is 5.83. The number of rotatable bonds is 3. The quantitative estimate of drug-likeness (QED) is 0.655. The number of allylic oxidation sites excluding steroid dienone is 4. The van der Waals surface area contributed by atoms with Gasteiger partial charge in [-0.2, -0.15) is 0 Å². The average Bonchev–Trinajstić information content (AvgIpc) is 2.20. The fourth-order valence-corrected chi connectivity index (χ4v) is 2.21. The van der Waals surface area contributed by atoms with Gasteiger partial charge in [0, 0.05) is 5.41 Å². The van der Waals surface area contributed by atoms with Crippen LogP contribution in [-0.2, 0) is 4.79 Å². The van der Waals surface area contributed by atoms with Gasteiger partial charge in [-0.1, -0.05) is 37.6 Å². The maximum Gasteiger partial charge on any atom is 0.139 e. The summed E-state index contributed by atoms with van der Waals surface area (Å²) in [6.07, 6.45) is 9.05. The van der Waals surface area contributed by atoms with E-state index in [2.05, 4.69) is 39.0 Å². The molecule has 0 radical (unpaired) electrons. The number of Topliss-reactive ketones (excluding diaryl/α,β-unsaturated/α-hetero) is 1. The van der Waals surface area contributed by atoms with Crippen molar-refractivity contribution in [3.63, 3.8) is 0 Å². The first kappa shape index (κ1) is 14.2. The first-order chi connectivity index (χ1) is 7.68. The second kappa shape index (κ2) is 4.80. The smallest absolute Gasteiger partial charge is 0.139 e. The van der Waals surface area contributed by atoms with E-state index in [1.165, 1.54) is 12.0 Å². The van der Waals surface area contributed by atoms with E-state index < -0.39 is 0 Å². The van der Waals surface area contributed by atoms with Crippen LogP contribution in [0.4, 0.5) is 0 Å². The van der Waals surface area contributed by atoms with Crippen LogP contribution in [0.15, 0.2) is 23.8 Å². The van der Waals surface area contributed by atoms with E-state index in [4.69, 9.17) is 0 Å². The first-order valence-electron chi connectivity index (χ1n) is 6.55. The van der Waals surface area contributed by atoms with Gasteiger partial charge in [0.2, 0.25) is 0 Å². The molecule has 0 unspecified atom stereocenters. The molecule has 0 fully saturated rings. The Balaban J connectivity index is 2.86. The summed E-state index contributed by atoms with van der Waals surface area (Å²) < 4.78 is 0. The van der Waals surface area contributed by atoms with Crippen LogP contribution in [0.3, 0.4) is 0 Å². The Labute approximate surface area is 106 Å². The SMILES string of the molecule is CC(=O)C(C)(C)C=C[C@H]1CCC=C(C)C1(C)C. The van der Waals surface area contributed by atoms with Crippen molar-refractivity contribution >= 4 is 5.78 Å². The number of hydrogen-bond donors (Lipinski definition) is 0. The van der Waals surface area contributed by atoms with Crippen molar-refractivity contribution in [1.29, 1.82) is 0 Å². The second-order valence-corrected chi connectivity index (χ2v) is 6.43. The number of carbonyl (C=O) groups is 1. The molecule has 1 nitrogen and oxygen atoms in total. The summed E-state index contributed by atoms with van der Waals surface area (Å²) in [7, 11) is 0. The topological polar surface area (TPSA) is 17.1 Å². The van der Waals surface area contributed by atoms with Gasteiger partial charge >= 0.3 is 0 Å². The summed E-state index contributed by atoms with van der Waals surface area (Å²) in [5.74, 6) is 0.778. The van der Waals surface area contributed by atoms with E-state index in [1.54, 1.807) is 6.92 Å². The van der Waals surface area contributed by atoms with Crippen molar-refractivity contribution in [1.82, 2.24) is 0 Å². The lowest BCUT2D eigenvalue weighted by molar-refractivity contribution is -0.122. The van der Waals surface area contributed by atoms with E-state index in [1.807, 2.05) is 13.8 Å². The van der Waals surface area contributed by atoms with Gasteiger partial charge in [0.25, 0.3) is 0 Å². The van der Waals surface area contributed by atoms with Gasteiger partial charge in [0.1, 0.15) is 5.78 Å². The summed E-state index contributed by atoms with van der Waals surface area (Å²) in [6, 6.07) is 0. The van der Waals surface area contributed by atoms with Crippen LogP contribution < -0.4 is 0 Å². The van der Waals surface area contributed by atoms with Gasteiger partial charge in [0.05, 0.1) is 0 Å². The average molecular weight is 234 g/mol. The molecule has 0 aromatic carbocycles. The van der Waals surface area contributed by atoms with Gasteiger partial charge in [0.15, 0.2) is 0 Å². The van der Waals surface area contributed by atoms with Crippen LogP contribution in [0.1, 0.15) is 54.4 Å². The van der Waals surface area contributed by atoms with Crippen molar-refractivity contribution in [3.05, 3.63) is 23.8 Å². The van der Waals surface area contributed by atoms with Gasteiger partial charge in [-0.25, -0.2) is 0 Å². The van der Waals surface area contributed by atoms with E-state index in [-0.39, 0.29) is 16.6 Å². The summed E-state index contributed by atoms with van der Waals surface area (Å²) >= 11 is 0. The minimum absolute atomic E-state index is 0.224. The molecular weight excluding hydrogens is 208 g/mol. The zero-order chi connectivity index (χ0) is 13.3. The minimum Gasteiger partial charge on any atom is -0.299 e. The van der Waals surface area contributed by atoms with Crippen LogP contribution in [0.25, 0.3) is 0 Å². The molecule has 0 N–H and O–H groups in total. The van der Waals surface area contributed by atoms with Gasteiger partial charge in [-0.05, 0) is 51.9 Å². The molecule has 0 aromatic rings. The Morgan fingerprint density at radius 1 is 1.47 bits per heavy atom. The Morgan fingerprint density at radius 2 is 2.06 bits per heavy atom. The van der Waals surface area contributed by atoms with Crippen LogP contribution in [-0.4, -0.2) is 5.78 Å². The molecule has 0 saturated heterocycles. The van der Waals surface area contributed by atoms with Crippen molar-refractivity contribution in [2.45, 2.75) is 54.4 Å². The van der Waals surface area contributed by atoms with Crippen LogP contribution in [0, 0.1) is 16.7 Å². The first-order valence-corrected chi connectivity index (χ1v) is 6.55. The third kappa shape index (κ3) is 3.08. The third-order valence-electron chi connectivity index (χ3n) is 4.52. The van der Waals surface area contributed by atoms with Gasteiger partial charge in [-0.15, -0.1) is 0 Å². The van der Waals surface area contributed by atoms with Crippen LogP contribution in [0.5, 0.6) is 0 Å². The van der Waals surface area contributed by atoms with Crippen LogP contribution >= 0.6 is 0 Å². The molecule has 0 aromatic heterocycles. The Morgan fingerprint density at radius 3 is 2.59 bits per heavy atom. The lowest BCUT2D eigenvalue weighted by Gasteiger charge is -2.37. The van der Waals surface area contributed by atoms with Gasteiger partial charge in [-0.3, -0.25) is 4.79 Å². The summed E-state index contributed by atoms with van der Waals surface area (Å²) in [4.78, 5) is 11.5. The van der Waals surface area contributed by atoms with Gasteiger partial charge < -0.3 is 0 Å². The number of hydrogen-bond acceptors (Lipinski definition) is 1. The maximum atomic E-state index is 11.5. The molecule has 0 bridgehead atoms. The Hall–Kier alpha value is -0.850. The molecule has 0 spiro atoms. The summed E-state index contributed by atoms with van der Waals surface area (Å²) in [5.41, 5.74) is 1.37. The zero-order valence-corrected chi connectivity index (χ0v) is 12.1. The predicted octanol–water partition coefficient (Wildman–Crippen LogP) is 4.54. The number of ketones is 1. The molecule has 0 heterocycles. The fraction of sp³-hybridized carbons (Fsp3) is 0.688. The van der Waals surface area contributed by atoms with E-state index in [9.17, 15) is 4.79 Å². The molecular formula is C16H26O. The zero-order valence-electron chi connectivity index (χ0n) is 12.1. The summed E-state index contributed by atoms with van der Waals surface area (Å²) in [5, 5.41) is 0. The highest BCUT2D eigenvalue weighted by Crippen LogP contribution is 2.42. The number of carbonyl (C=O) groups excluding carboxylic acids is 1. The largest absolute Gasteiger partial charge is 0.299 e. The predicted molar refractivity (Wildman–Crippen MR) is 73.9 cm³/mol. The molecule has 0 saturated carbocycles. The minimum atomic E-state index is -0.328. The van der Waals surface area contributed by atoms with Crippen molar-refractivity contribution < 1.29 is 4.79 Å². The molecule has 1 rings (SSSR count). The highest BCUT2D eigenvalue weighted by atomic mass is 16.1. The van der Waals surface area contributed by atoms with Crippen molar-refractivity contribution in [2.24, 2.45) is 16.7 Å². The molecule has 96 valence electrons. The monoisotopic (exact) mass is 234 g/mol. The standard InChI is InChI=1S/C16H26O/c1-12-8-7-9-14(16(12,5)6)10-11-15(3,4)13(2)17/h8,10-11,14H,7,9H2,1-6H3/t14-/m1/s1. The lowest BCUT2D eigenvalue weighted by atomic mass is 9.67. The molecule has 0 aliphatic heterocycles. The molecule has 1 atom stereocenters. The van der Waals surface area contributed by atoms with E-state index in [0.717, 1.165) is 6.42 Å². The maximum absolute atomic E-state index is 11.5. The lowest BCUT2D eigenvalue weighted by Crippen LogP contribution is -2.27. The van der Waals surface area contributed by atoms with Crippen LogP contribution in [0.2, 0.25) is 0 Å². The Kier molecular flexibility index (Phi) is 4.01. The normalized spacial score (nSPS) is 24.8. The van der Waals surface area contributed by atoms with E-state index >= 15 is 0 Å². The Bertz CT molecular complexity index is 356. The van der Waals surface area contributed by atoms with Crippen molar-refractivity contribution in [2.75, 3.05) is 0 Å². The highest BCUT2D eigenvalue weighted by Gasteiger charge is 2.32.